The summed E-state index contributed by atoms with van der Waals surface area (Å²) in [7, 11) is 0. The Labute approximate surface area is 800 Å². The van der Waals surface area contributed by atoms with Crippen molar-refractivity contribution in [2.75, 3.05) is 5.33 Å². The zero-order valence-electron chi connectivity index (χ0n) is 69.0. The summed E-state index contributed by atoms with van der Waals surface area (Å²) in [4.78, 5) is 103. The summed E-state index contributed by atoms with van der Waals surface area (Å²) in [6.45, 7) is 5.18. The number of ketones is 1. The minimum atomic E-state index is -0.773. The number of aliphatic imine (C=N–C) groups is 2. The Hall–Kier alpha value is -13.0. The zero-order valence-corrected chi connectivity index (χ0v) is 78.0. The Kier molecular flexibility index (Phi) is 42.5. The highest BCUT2D eigenvalue weighted by molar-refractivity contribution is 9.09. The highest BCUT2D eigenvalue weighted by Crippen LogP contribution is 2.34. The molecule has 668 valence electrons. The monoisotopic (exact) mass is 2000 g/mol. The Morgan fingerprint density at radius 1 is 0.423 bits per heavy atom. The fraction of sp³-hybridized carbons (Fsp3) is 0.172. The number of ether oxygens (including phenoxy) is 1. The van der Waals surface area contributed by atoms with Crippen LogP contribution in [0.15, 0.2) is 304 Å². The minimum absolute atomic E-state index is 0. The number of Topliss-reactive ketones (excluding diaryl/α,β-unsaturated/α-hetero) is 1. The molecular formula is C93H87Br2N15O13S7. The van der Waals surface area contributed by atoms with Crippen LogP contribution in [0.5, 0.6) is 0 Å². The standard InChI is InChI=1S/2C18H13N3O2S2.2C17H15N3O2S.C15H19BrN2O5.C7H7NS.CH4.BrH/c2*22-21(23)15-8-6-13(7-9-15)10-16(19-12-24)17-11-25-18(20-17)14-4-2-1-3-5-14;2*18-15(10-12-6-8-14(9-7-12)20(21)22)16-11-23-17(19-16)13-4-2-1-3-5-13;1-15(2,3)23-14(20)17-12(13(19)9-16)8-10-4-6-11(7-5-10)18(21)22;8-7(9)6-4-2-1-3-5-6;;/h2*1-9,11,16H,10H2;2*1-9,11,15H,10,18H2;4-7,12H,8-9H2,1-3H3,(H,17,20);1-5H,(H2,8,9);1H4;1H/t2*16-;2*15-;12-;;;/m00000.../s1. The normalized spacial score (nSPS) is 11.5. The lowest BCUT2D eigenvalue weighted by Crippen LogP contribution is -2.45. The lowest BCUT2D eigenvalue weighted by molar-refractivity contribution is -0.385. The lowest BCUT2D eigenvalue weighted by atomic mass is 10.0. The Bertz CT molecular complexity index is 5810. The summed E-state index contributed by atoms with van der Waals surface area (Å²) >= 11 is 23.6. The number of hydrogen-bond donors (Lipinski definition) is 4. The van der Waals surface area contributed by atoms with Gasteiger partial charge in [-0.3, -0.25) is 55.4 Å². The van der Waals surface area contributed by atoms with Gasteiger partial charge in [-0.25, -0.2) is 34.7 Å². The Morgan fingerprint density at radius 2 is 0.669 bits per heavy atom. The third kappa shape index (κ3) is 33.9. The number of carbonyl (C=O) groups excluding carboxylic acids is 2. The number of nitrogens with two attached hydrogens (primary N) is 3. The molecule has 14 rings (SSSR count). The van der Waals surface area contributed by atoms with Crippen LogP contribution in [0, 0.1) is 50.6 Å². The van der Waals surface area contributed by atoms with Crippen LogP contribution in [0.25, 0.3) is 42.3 Å². The second-order valence-corrected chi connectivity index (χ2v) is 33.4. The van der Waals surface area contributed by atoms with E-state index in [0.29, 0.717) is 36.2 Å². The van der Waals surface area contributed by atoms with Gasteiger partial charge in [0.15, 0.2) is 5.78 Å². The number of hydrogen-bond acceptors (Lipinski definition) is 28. The molecule has 0 saturated carbocycles. The number of nitro groups is 5. The number of isothiocyanates is 2. The first-order chi connectivity index (χ1) is 61.5. The van der Waals surface area contributed by atoms with E-state index in [1.807, 2.05) is 173 Å². The topological polar surface area (TPSA) is 425 Å². The number of thiazole rings is 4. The molecule has 0 spiro atoms. The largest absolute Gasteiger partial charge is 0.444 e. The molecule has 0 aliphatic rings. The van der Waals surface area contributed by atoms with E-state index in [-0.39, 0.29) is 94.5 Å². The molecule has 0 fully saturated rings. The fourth-order valence-corrected chi connectivity index (χ4v) is 16.1. The molecule has 0 bridgehead atoms. The SMILES string of the molecule is Br.C.CC(C)(C)OC(=O)N[C@@H](Cc1ccc([N+](=O)[O-])cc1)C(=O)CBr.NC(=S)c1ccccc1.N[C@@H](Cc1ccc([N+](=O)[O-])cc1)c1csc(-c2ccccc2)n1.N[C@@H](Cc1ccc([N+](=O)[O-])cc1)c1csc(-c2ccccc2)n1.O=[N+]([O-])c1ccc(C[C@H](N=C=S)c2csc(-c3ccccc3)n2)cc1.O=[N+]([O-])c1ccc(C[C@H](N=C=S)c2csc(-c3ccccc3)n2)cc1. The van der Waals surface area contributed by atoms with Crippen LogP contribution in [0.4, 0.5) is 33.2 Å². The van der Waals surface area contributed by atoms with Crippen LogP contribution in [0.2, 0.25) is 0 Å². The molecule has 130 heavy (non-hydrogen) atoms. The van der Waals surface area contributed by atoms with E-state index < -0.39 is 42.4 Å². The fourth-order valence-electron chi connectivity index (χ4n) is 11.8. The molecule has 0 aliphatic carbocycles. The third-order valence-corrected chi connectivity index (χ3v) is 22.9. The number of alkyl halides is 1. The molecule has 7 N–H and O–H groups in total. The van der Waals surface area contributed by atoms with Crippen molar-refractivity contribution in [3.8, 4) is 42.3 Å². The maximum atomic E-state index is 12.0. The number of nitrogens with one attached hydrogen (secondary N) is 1. The first-order valence-corrected chi connectivity index (χ1v) is 44.7. The van der Waals surface area contributed by atoms with Gasteiger partial charge in [0.25, 0.3) is 28.4 Å². The smallest absolute Gasteiger partial charge is 0.408 e. The molecule has 0 radical (unpaired) electrons. The number of aromatic nitrogens is 4. The predicted molar refractivity (Wildman–Crippen MR) is 535 cm³/mol. The lowest BCUT2D eigenvalue weighted by Gasteiger charge is -2.23. The van der Waals surface area contributed by atoms with E-state index in [1.165, 1.54) is 60.7 Å². The molecule has 37 heteroatoms. The van der Waals surface area contributed by atoms with E-state index in [2.05, 4.69) is 61.5 Å². The molecular weight excluding hydrogens is 1920 g/mol. The van der Waals surface area contributed by atoms with Gasteiger partial charge in [0.05, 0.1) is 81.2 Å². The maximum absolute atomic E-state index is 12.0. The second-order valence-electron chi connectivity index (χ2n) is 28.6. The molecule has 10 aromatic carbocycles. The van der Waals surface area contributed by atoms with Gasteiger partial charge < -0.3 is 27.3 Å². The number of halogens is 2. The van der Waals surface area contributed by atoms with Crippen molar-refractivity contribution in [1.82, 2.24) is 25.3 Å². The maximum Gasteiger partial charge on any atom is 0.408 e. The number of benzene rings is 10. The Balaban J connectivity index is 0.000000216. The molecule has 28 nitrogen and oxygen atoms in total. The number of non-ortho nitro benzene ring substituents is 5. The summed E-state index contributed by atoms with van der Waals surface area (Å²) in [5, 5.41) is 72.6. The van der Waals surface area contributed by atoms with Gasteiger partial charge in [-0.2, -0.15) is 0 Å². The van der Waals surface area contributed by atoms with Gasteiger partial charge in [0.2, 0.25) is 0 Å². The second kappa shape index (κ2) is 53.1. The van der Waals surface area contributed by atoms with Crippen LogP contribution < -0.4 is 22.5 Å². The van der Waals surface area contributed by atoms with Gasteiger partial charge in [-0.15, -0.1) is 62.3 Å². The summed E-state index contributed by atoms with van der Waals surface area (Å²) in [6, 6.07) is 79.2. The van der Waals surface area contributed by atoms with Gasteiger partial charge in [-0.05, 0) is 92.3 Å². The number of nitro benzene ring substituents is 5. The first-order valence-electron chi connectivity index (χ1n) is 38.8. The first kappa shape index (κ1) is 104. The summed E-state index contributed by atoms with van der Waals surface area (Å²) in [5.41, 5.74) is 30.4. The molecule has 14 aromatic rings. The minimum Gasteiger partial charge on any atom is -0.444 e. The number of thiocarbonyl (C=S) groups is 3. The van der Waals surface area contributed by atoms with Crippen LogP contribution in [-0.4, -0.2) is 88.7 Å². The van der Waals surface area contributed by atoms with Crippen LogP contribution in [-0.2, 0) is 41.6 Å². The van der Waals surface area contributed by atoms with Gasteiger partial charge >= 0.3 is 6.09 Å². The summed E-state index contributed by atoms with van der Waals surface area (Å²) in [6.07, 6.45) is 1.84. The van der Waals surface area contributed by atoms with Gasteiger partial charge in [-0.1, -0.05) is 248 Å². The van der Waals surface area contributed by atoms with E-state index in [9.17, 15) is 60.2 Å². The molecule has 0 aliphatic heterocycles. The molecule has 0 unspecified atom stereocenters. The van der Waals surface area contributed by atoms with Crippen LogP contribution >= 0.6 is 115 Å². The number of amides is 1. The Morgan fingerprint density at radius 3 is 0.908 bits per heavy atom. The number of rotatable bonds is 29. The zero-order chi connectivity index (χ0) is 92.1. The molecule has 1 amide bonds. The molecule has 4 heterocycles. The summed E-state index contributed by atoms with van der Waals surface area (Å²) < 4.78 is 5.14. The van der Waals surface area contributed by atoms with Crippen molar-refractivity contribution in [2.45, 2.75) is 96.1 Å². The van der Waals surface area contributed by atoms with Crippen molar-refractivity contribution >= 4 is 171 Å². The number of alkyl carbamates (subject to hydrolysis) is 1. The van der Waals surface area contributed by atoms with Gasteiger partial charge in [0.1, 0.15) is 42.7 Å². The molecule has 4 aromatic heterocycles. The molecule has 5 atom stereocenters. The van der Waals surface area contributed by atoms with Crippen LogP contribution in [0.1, 0.15) is 109 Å². The van der Waals surface area contributed by atoms with E-state index in [0.717, 1.165) is 92.9 Å². The van der Waals surface area contributed by atoms with Crippen molar-refractivity contribution in [1.29, 1.82) is 0 Å². The highest BCUT2D eigenvalue weighted by Gasteiger charge is 2.26. The molecule has 0 saturated heterocycles. The van der Waals surface area contributed by atoms with Crippen molar-refractivity contribution in [3.63, 3.8) is 0 Å². The predicted octanol–water partition coefficient (Wildman–Crippen LogP) is 23.7. The van der Waals surface area contributed by atoms with Gasteiger partial charge in [0, 0.05) is 123 Å². The van der Waals surface area contributed by atoms with Crippen molar-refractivity contribution < 1.29 is 38.9 Å². The number of carbonyl (C=O) groups is 2. The summed E-state index contributed by atoms with van der Waals surface area (Å²) in [5.74, 6) is -0.214. The number of nitrogens with zero attached hydrogens (tertiary/aromatic N) is 11. The van der Waals surface area contributed by atoms with E-state index >= 15 is 0 Å². The highest BCUT2D eigenvalue weighted by atomic mass is 79.9. The van der Waals surface area contributed by atoms with Crippen LogP contribution in [0.3, 0.4) is 0 Å². The quantitative estimate of drug-likeness (QED) is 0.0111. The average molecular weight is 2010 g/mol. The van der Waals surface area contributed by atoms with Crippen molar-refractivity contribution in [3.05, 3.63) is 401 Å². The third-order valence-electron chi connectivity index (χ3n) is 18.2. The average Bonchev–Trinajstić information content (AvgIpc) is 1.29. The van der Waals surface area contributed by atoms with E-state index in [1.54, 1.807) is 127 Å². The van der Waals surface area contributed by atoms with E-state index in [4.69, 9.17) is 58.6 Å². The van der Waals surface area contributed by atoms with Crippen molar-refractivity contribution in [2.24, 2.45) is 27.2 Å².